The van der Waals surface area contributed by atoms with Crippen LogP contribution in [0, 0.1) is 0 Å². The van der Waals surface area contributed by atoms with Crippen molar-refractivity contribution in [2.24, 2.45) is 4.99 Å². The zero-order valence-corrected chi connectivity index (χ0v) is 9.35. The zero-order chi connectivity index (χ0) is 11.2. The predicted octanol–water partition coefficient (Wildman–Crippen LogP) is 4.25. The molecule has 0 N–H and O–H groups in total. The molecule has 0 atom stereocenters. The van der Waals surface area contributed by atoms with Crippen LogP contribution >= 0.6 is 0 Å². The van der Waals surface area contributed by atoms with Crippen molar-refractivity contribution in [3.8, 4) is 0 Å². The quantitative estimate of drug-likeness (QED) is 0.499. The lowest BCUT2D eigenvalue weighted by atomic mass is 9.96. The van der Waals surface area contributed by atoms with E-state index in [2.05, 4.69) is 53.5 Å². The van der Waals surface area contributed by atoms with Crippen molar-refractivity contribution in [3.05, 3.63) is 54.1 Å². The third kappa shape index (κ3) is 1.17. The van der Waals surface area contributed by atoms with Gasteiger partial charge in [0, 0.05) is 12.6 Å². The van der Waals surface area contributed by atoms with Crippen LogP contribution in [0.15, 0.2) is 53.5 Å². The second-order valence-corrected chi connectivity index (χ2v) is 4.46. The summed E-state index contributed by atoms with van der Waals surface area (Å²) >= 11 is 0. The summed E-state index contributed by atoms with van der Waals surface area (Å²) in [6.07, 6.45) is 2.96. The van der Waals surface area contributed by atoms with Crippen LogP contribution in [0.1, 0.15) is 5.56 Å². The molecule has 0 saturated carbocycles. The van der Waals surface area contributed by atoms with Crippen LogP contribution in [0.25, 0.3) is 21.5 Å². The summed E-state index contributed by atoms with van der Waals surface area (Å²) in [5, 5.41) is 5.33. The molecule has 1 heteroatoms. The summed E-state index contributed by atoms with van der Waals surface area (Å²) in [4.78, 5) is 4.43. The van der Waals surface area contributed by atoms with E-state index in [-0.39, 0.29) is 0 Å². The minimum absolute atomic E-state index is 0.959. The van der Waals surface area contributed by atoms with Crippen molar-refractivity contribution in [2.45, 2.75) is 6.42 Å². The normalized spacial score (nSPS) is 13.4. The first-order valence-electron chi connectivity index (χ1n) is 5.89. The maximum absolute atomic E-state index is 4.43. The molecule has 17 heavy (non-hydrogen) atoms. The average Bonchev–Trinajstić information content (AvgIpc) is 2.86. The summed E-state index contributed by atoms with van der Waals surface area (Å²) in [6.45, 7) is 0. The van der Waals surface area contributed by atoms with Crippen molar-refractivity contribution in [3.63, 3.8) is 0 Å². The monoisotopic (exact) mass is 217 g/mol. The second-order valence-electron chi connectivity index (χ2n) is 4.46. The van der Waals surface area contributed by atoms with E-state index >= 15 is 0 Å². The largest absolute Gasteiger partial charge is 0.261 e. The van der Waals surface area contributed by atoms with Gasteiger partial charge in [-0.05, 0) is 33.2 Å². The minimum Gasteiger partial charge on any atom is -0.261 e. The molecule has 0 bridgehead atoms. The molecule has 1 aliphatic heterocycles. The lowest BCUT2D eigenvalue weighted by Crippen LogP contribution is -1.85. The van der Waals surface area contributed by atoms with E-state index < -0.39 is 0 Å². The highest BCUT2D eigenvalue weighted by atomic mass is 14.7. The minimum atomic E-state index is 0.959. The number of hydrogen-bond acceptors (Lipinski definition) is 1. The van der Waals surface area contributed by atoms with Gasteiger partial charge in [0.05, 0.1) is 5.69 Å². The Balaban J connectivity index is 2.29. The van der Waals surface area contributed by atoms with E-state index in [1.807, 2.05) is 6.21 Å². The van der Waals surface area contributed by atoms with Crippen molar-refractivity contribution in [2.75, 3.05) is 0 Å². The third-order valence-corrected chi connectivity index (χ3v) is 3.52. The Bertz CT molecular complexity index is 769. The van der Waals surface area contributed by atoms with E-state index in [1.54, 1.807) is 0 Å². The molecule has 0 spiro atoms. The topological polar surface area (TPSA) is 12.4 Å². The number of fused-ring (bicyclic) bond motifs is 5. The summed E-state index contributed by atoms with van der Waals surface area (Å²) in [5.41, 5.74) is 2.51. The molecule has 0 aromatic heterocycles. The molecule has 0 saturated heterocycles. The Morgan fingerprint density at radius 3 is 2.65 bits per heavy atom. The molecule has 4 rings (SSSR count). The fourth-order valence-corrected chi connectivity index (χ4v) is 2.72. The first-order valence-corrected chi connectivity index (χ1v) is 5.89. The van der Waals surface area contributed by atoms with Gasteiger partial charge < -0.3 is 0 Å². The highest BCUT2D eigenvalue weighted by Crippen LogP contribution is 2.35. The van der Waals surface area contributed by atoms with Crippen LogP contribution in [0.2, 0.25) is 0 Å². The van der Waals surface area contributed by atoms with E-state index in [9.17, 15) is 0 Å². The van der Waals surface area contributed by atoms with Crippen LogP contribution in [0.5, 0.6) is 0 Å². The summed E-state index contributed by atoms with van der Waals surface area (Å²) in [5.74, 6) is 0. The van der Waals surface area contributed by atoms with Crippen molar-refractivity contribution in [1.29, 1.82) is 0 Å². The Hall–Kier alpha value is -2.15. The average molecular weight is 217 g/mol. The standard InChI is InChI=1S/C16H11N/c1-2-4-13-11(3-1)5-6-12-7-8-15-14(16(12)13)9-10-17-15/h1-8,10H,9H2. The van der Waals surface area contributed by atoms with Crippen molar-refractivity contribution < 1.29 is 0 Å². The first kappa shape index (κ1) is 8.94. The van der Waals surface area contributed by atoms with Crippen LogP contribution in [0.3, 0.4) is 0 Å². The molecular weight excluding hydrogens is 206 g/mol. The Morgan fingerprint density at radius 1 is 0.824 bits per heavy atom. The van der Waals surface area contributed by atoms with Gasteiger partial charge in [-0.15, -0.1) is 0 Å². The molecule has 0 radical (unpaired) electrons. The molecule has 3 aromatic carbocycles. The lowest BCUT2D eigenvalue weighted by Gasteiger charge is -2.08. The lowest BCUT2D eigenvalue weighted by molar-refractivity contribution is 1.47. The van der Waals surface area contributed by atoms with Crippen LogP contribution in [-0.2, 0) is 6.42 Å². The highest BCUT2D eigenvalue weighted by Gasteiger charge is 2.12. The Labute approximate surface area is 99.4 Å². The second kappa shape index (κ2) is 3.17. The molecule has 1 aliphatic rings. The number of rotatable bonds is 0. The predicted molar refractivity (Wildman–Crippen MR) is 73.3 cm³/mol. The molecule has 0 unspecified atom stereocenters. The Morgan fingerprint density at radius 2 is 1.65 bits per heavy atom. The number of hydrogen-bond donors (Lipinski definition) is 0. The smallest absolute Gasteiger partial charge is 0.0668 e. The van der Waals surface area contributed by atoms with Crippen molar-refractivity contribution in [1.82, 2.24) is 0 Å². The molecule has 0 aliphatic carbocycles. The summed E-state index contributed by atoms with van der Waals surface area (Å²) < 4.78 is 0. The third-order valence-electron chi connectivity index (χ3n) is 3.52. The Kier molecular flexibility index (Phi) is 1.67. The fourth-order valence-electron chi connectivity index (χ4n) is 2.72. The number of nitrogens with zero attached hydrogens (tertiary/aromatic N) is 1. The van der Waals surface area contributed by atoms with Gasteiger partial charge in [0.15, 0.2) is 0 Å². The number of aliphatic imine (C=N–C) groups is 1. The SMILES string of the molecule is C1=Nc2ccc3ccc4ccccc4c3c2C1. The summed E-state index contributed by atoms with van der Waals surface area (Å²) in [6, 6.07) is 17.3. The van der Waals surface area contributed by atoms with Gasteiger partial charge in [0.1, 0.15) is 0 Å². The van der Waals surface area contributed by atoms with E-state index in [0.29, 0.717) is 0 Å². The molecule has 1 heterocycles. The zero-order valence-electron chi connectivity index (χ0n) is 9.35. The van der Waals surface area contributed by atoms with E-state index in [0.717, 1.165) is 12.1 Å². The molecule has 0 fully saturated rings. The maximum Gasteiger partial charge on any atom is 0.0668 e. The maximum atomic E-state index is 4.43. The summed E-state index contributed by atoms with van der Waals surface area (Å²) in [7, 11) is 0. The van der Waals surface area contributed by atoms with Gasteiger partial charge in [-0.1, -0.05) is 42.5 Å². The van der Waals surface area contributed by atoms with Gasteiger partial charge in [-0.3, -0.25) is 4.99 Å². The van der Waals surface area contributed by atoms with Gasteiger partial charge in [0.2, 0.25) is 0 Å². The van der Waals surface area contributed by atoms with Gasteiger partial charge in [-0.25, -0.2) is 0 Å². The molecule has 0 amide bonds. The first-order chi connectivity index (χ1) is 8.43. The molecule has 3 aromatic rings. The van der Waals surface area contributed by atoms with Crippen LogP contribution in [-0.4, -0.2) is 6.21 Å². The molecule has 1 nitrogen and oxygen atoms in total. The fraction of sp³-hybridized carbons (Fsp3) is 0.0625. The van der Waals surface area contributed by atoms with Gasteiger partial charge in [-0.2, -0.15) is 0 Å². The highest BCUT2D eigenvalue weighted by molar-refractivity contribution is 6.11. The van der Waals surface area contributed by atoms with E-state index in [1.165, 1.54) is 27.1 Å². The van der Waals surface area contributed by atoms with Crippen molar-refractivity contribution >= 4 is 33.4 Å². The van der Waals surface area contributed by atoms with Crippen LogP contribution < -0.4 is 0 Å². The van der Waals surface area contributed by atoms with E-state index in [4.69, 9.17) is 0 Å². The molecular formula is C16H11N. The number of benzene rings is 3. The molecule has 80 valence electrons. The van der Waals surface area contributed by atoms with Gasteiger partial charge in [0.25, 0.3) is 0 Å². The van der Waals surface area contributed by atoms with Gasteiger partial charge >= 0.3 is 0 Å². The van der Waals surface area contributed by atoms with Crippen LogP contribution in [0.4, 0.5) is 5.69 Å².